The second-order valence-corrected chi connectivity index (χ2v) is 5.36. The molecule has 6 heteroatoms. The first kappa shape index (κ1) is 12.3. The molecule has 2 atom stereocenters. The first-order valence-electron chi connectivity index (χ1n) is 6.83. The summed E-state index contributed by atoms with van der Waals surface area (Å²) in [5.74, 6) is 0.738. The fourth-order valence-corrected chi connectivity index (χ4v) is 3.14. The number of aromatic nitrogens is 1. The van der Waals surface area contributed by atoms with Gasteiger partial charge in [-0.05, 0) is 38.3 Å². The van der Waals surface area contributed by atoms with Crippen molar-refractivity contribution in [1.29, 1.82) is 0 Å². The lowest BCUT2D eigenvalue weighted by Gasteiger charge is -2.35. The molecule has 2 aliphatic rings. The van der Waals surface area contributed by atoms with Gasteiger partial charge in [-0.2, -0.15) is 0 Å². The number of hydrogen-bond donors (Lipinski definition) is 1. The summed E-state index contributed by atoms with van der Waals surface area (Å²) < 4.78 is 0. The molecule has 0 amide bonds. The van der Waals surface area contributed by atoms with Gasteiger partial charge in [0.2, 0.25) is 0 Å². The van der Waals surface area contributed by atoms with E-state index in [0.29, 0.717) is 12.1 Å². The van der Waals surface area contributed by atoms with Crippen LogP contribution >= 0.6 is 0 Å². The summed E-state index contributed by atoms with van der Waals surface area (Å²) in [6, 6.07) is 4.34. The summed E-state index contributed by atoms with van der Waals surface area (Å²) in [5, 5.41) is 14.0. The van der Waals surface area contributed by atoms with Crippen molar-refractivity contribution < 1.29 is 4.92 Å². The van der Waals surface area contributed by atoms with E-state index in [9.17, 15) is 10.1 Å². The van der Waals surface area contributed by atoms with E-state index in [1.54, 1.807) is 6.07 Å². The topological polar surface area (TPSA) is 71.3 Å². The highest BCUT2D eigenvalue weighted by atomic mass is 16.6. The SMILES string of the molecule is O=[N+]([O-])c1ccc(NC2CCN3CCCC3C2)nc1. The van der Waals surface area contributed by atoms with Gasteiger partial charge < -0.3 is 10.2 Å². The van der Waals surface area contributed by atoms with Gasteiger partial charge >= 0.3 is 0 Å². The number of fused-ring (bicyclic) bond motifs is 1. The van der Waals surface area contributed by atoms with E-state index in [1.165, 1.54) is 31.6 Å². The lowest BCUT2D eigenvalue weighted by Crippen LogP contribution is -2.42. The van der Waals surface area contributed by atoms with Crippen LogP contribution in [0.1, 0.15) is 25.7 Å². The van der Waals surface area contributed by atoms with E-state index in [4.69, 9.17) is 0 Å². The zero-order valence-corrected chi connectivity index (χ0v) is 10.8. The van der Waals surface area contributed by atoms with Crippen molar-refractivity contribution in [2.75, 3.05) is 18.4 Å². The first-order chi connectivity index (χ1) is 9.22. The van der Waals surface area contributed by atoms with Crippen LogP contribution in [0.5, 0.6) is 0 Å². The Hall–Kier alpha value is -1.69. The zero-order chi connectivity index (χ0) is 13.2. The summed E-state index contributed by atoms with van der Waals surface area (Å²) in [6.45, 7) is 2.39. The van der Waals surface area contributed by atoms with E-state index in [2.05, 4.69) is 15.2 Å². The Bertz CT molecular complexity index is 462. The fraction of sp³-hybridized carbons (Fsp3) is 0.615. The maximum absolute atomic E-state index is 10.6. The van der Waals surface area contributed by atoms with Crippen molar-refractivity contribution in [3.05, 3.63) is 28.4 Å². The van der Waals surface area contributed by atoms with Gasteiger partial charge in [-0.25, -0.2) is 4.98 Å². The average molecular weight is 262 g/mol. The quantitative estimate of drug-likeness (QED) is 0.666. The monoisotopic (exact) mass is 262 g/mol. The normalized spacial score (nSPS) is 26.9. The molecular formula is C13H18N4O2. The number of nitrogens with one attached hydrogen (secondary N) is 1. The minimum atomic E-state index is -0.423. The molecule has 6 nitrogen and oxygen atoms in total. The van der Waals surface area contributed by atoms with Crippen LogP contribution in [-0.2, 0) is 0 Å². The molecular weight excluding hydrogens is 244 g/mol. The van der Waals surface area contributed by atoms with Crippen LogP contribution in [0.3, 0.4) is 0 Å². The van der Waals surface area contributed by atoms with E-state index in [-0.39, 0.29) is 5.69 Å². The van der Waals surface area contributed by atoms with Crippen molar-refractivity contribution >= 4 is 11.5 Å². The maximum Gasteiger partial charge on any atom is 0.287 e. The maximum atomic E-state index is 10.6. The van der Waals surface area contributed by atoms with Crippen LogP contribution in [0.15, 0.2) is 18.3 Å². The van der Waals surface area contributed by atoms with Crippen molar-refractivity contribution in [2.45, 2.75) is 37.8 Å². The van der Waals surface area contributed by atoms with Gasteiger partial charge in [0.1, 0.15) is 12.0 Å². The molecule has 0 saturated carbocycles. The Morgan fingerprint density at radius 2 is 2.26 bits per heavy atom. The highest BCUT2D eigenvalue weighted by Gasteiger charge is 2.31. The molecule has 0 aliphatic carbocycles. The van der Waals surface area contributed by atoms with E-state index in [1.807, 2.05) is 0 Å². The smallest absolute Gasteiger partial charge is 0.287 e. The third-order valence-corrected chi connectivity index (χ3v) is 4.13. The molecule has 2 unspecified atom stereocenters. The predicted octanol–water partition coefficient (Wildman–Crippen LogP) is 2.03. The van der Waals surface area contributed by atoms with Gasteiger partial charge in [-0.15, -0.1) is 0 Å². The standard InChI is InChI=1S/C13H18N4O2/c18-17(19)12-3-4-13(14-9-12)15-10-5-7-16-6-1-2-11(16)8-10/h3-4,9-11H,1-2,5-8H2,(H,14,15). The summed E-state index contributed by atoms with van der Waals surface area (Å²) in [5.41, 5.74) is 0.0381. The van der Waals surface area contributed by atoms with Gasteiger partial charge in [0.25, 0.3) is 5.69 Å². The minimum Gasteiger partial charge on any atom is -0.367 e. The third-order valence-electron chi connectivity index (χ3n) is 4.13. The minimum absolute atomic E-state index is 0.0381. The Kier molecular flexibility index (Phi) is 3.33. The summed E-state index contributed by atoms with van der Waals surface area (Å²) >= 11 is 0. The van der Waals surface area contributed by atoms with Crippen molar-refractivity contribution in [2.24, 2.45) is 0 Å². The fourth-order valence-electron chi connectivity index (χ4n) is 3.14. The van der Waals surface area contributed by atoms with Crippen molar-refractivity contribution in [3.63, 3.8) is 0 Å². The molecule has 102 valence electrons. The Morgan fingerprint density at radius 1 is 1.37 bits per heavy atom. The molecule has 0 bridgehead atoms. The number of piperidine rings is 1. The summed E-state index contributed by atoms with van der Waals surface area (Å²) in [4.78, 5) is 16.8. The third kappa shape index (κ3) is 2.68. The largest absolute Gasteiger partial charge is 0.367 e. The van der Waals surface area contributed by atoms with Crippen LogP contribution < -0.4 is 5.32 Å². The van der Waals surface area contributed by atoms with Gasteiger partial charge in [-0.3, -0.25) is 10.1 Å². The molecule has 1 aromatic heterocycles. The number of anilines is 1. The Labute approximate surface area is 112 Å². The molecule has 0 spiro atoms. The lowest BCUT2D eigenvalue weighted by molar-refractivity contribution is -0.385. The van der Waals surface area contributed by atoms with Crippen LogP contribution in [0.4, 0.5) is 11.5 Å². The highest BCUT2D eigenvalue weighted by Crippen LogP contribution is 2.28. The van der Waals surface area contributed by atoms with Gasteiger partial charge in [-0.1, -0.05) is 0 Å². The molecule has 2 fully saturated rings. The molecule has 3 heterocycles. The van der Waals surface area contributed by atoms with Crippen molar-refractivity contribution in [3.8, 4) is 0 Å². The molecule has 2 saturated heterocycles. The van der Waals surface area contributed by atoms with Gasteiger partial charge in [0, 0.05) is 24.7 Å². The molecule has 0 radical (unpaired) electrons. The molecule has 0 aromatic carbocycles. The van der Waals surface area contributed by atoms with Gasteiger partial charge in [0.05, 0.1) is 4.92 Å². The average Bonchev–Trinajstić information content (AvgIpc) is 2.87. The Balaban J connectivity index is 1.60. The number of pyridine rings is 1. The number of nitro groups is 1. The van der Waals surface area contributed by atoms with Crippen molar-refractivity contribution in [1.82, 2.24) is 9.88 Å². The lowest BCUT2D eigenvalue weighted by atomic mass is 9.97. The van der Waals surface area contributed by atoms with E-state index >= 15 is 0 Å². The molecule has 2 aliphatic heterocycles. The van der Waals surface area contributed by atoms with Gasteiger partial charge in [0.15, 0.2) is 0 Å². The van der Waals surface area contributed by atoms with E-state index in [0.717, 1.165) is 25.2 Å². The van der Waals surface area contributed by atoms with Crippen LogP contribution in [0, 0.1) is 10.1 Å². The number of hydrogen-bond acceptors (Lipinski definition) is 5. The second-order valence-electron chi connectivity index (χ2n) is 5.36. The second kappa shape index (κ2) is 5.13. The van der Waals surface area contributed by atoms with E-state index < -0.39 is 4.92 Å². The highest BCUT2D eigenvalue weighted by molar-refractivity contribution is 5.41. The van der Waals surface area contributed by atoms with Crippen LogP contribution in [0.2, 0.25) is 0 Å². The van der Waals surface area contributed by atoms with Crippen LogP contribution in [0.25, 0.3) is 0 Å². The summed E-state index contributed by atoms with van der Waals surface area (Å²) in [7, 11) is 0. The number of rotatable bonds is 3. The molecule has 1 N–H and O–H groups in total. The number of nitrogens with zero attached hydrogens (tertiary/aromatic N) is 3. The predicted molar refractivity (Wildman–Crippen MR) is 72.1 cm³/mol. The molecule has 3 rings (SSSR count). The van der Waals surface area contributed by atoms with Crippen LogP contribution in [-0.4, -0.2) is 40.0 Å². The zero-order valence-electron chi connectivity index (χ0n) is 10.8. The first-order valence-corrected chi connectivity index (χ1v) is 6.83. The molecule has 19 heavy (non-hydrogen) atoms. The Morgan fingerprint density at radius 3 is 3.00 bits per heavy atom. The molecule has 1 aromatic rings. The summed E-state index contributed by atoms with van der Waals surface area (Å²) in [6.07, 6.45) is 6.19.